The van der Waals surface area contributed by atoms with Crippen molar-refractivity contribution in [2.45, 2.75) is 5.38 Å². The molecule has 0 spiro atoms. The van der Waals surface area contributed by atoms with Crippen LogP contribution in [-0.4, -0.2) is 19.7 Å². The number of nitrogens with one attached hydrogen (secondary N) is 1. The lowest BCUT2D eigenvalue weighted by Gasteiger charge is -2.12. The number of halogens is 2. The lowest BCUT2D eigenvalue weighted by Crippen LogP contribution is -2.24. The molecule has 0 fully saturated rings. The molecule has 2 rings (SSSR count). The van der Waals surface area contributed by atoms with Gasteiger partial charge >= 0.3 is 0 Å². The van der Waals surface area contributed by atoms with Crippen molar-refractivity contribution in [3.8, 4) is 5.75 Å². The van der Waals surface area contributed by atoms with Crippen LogP contribution in [0, 0.1) is 0 Å². The minimum Gasteiger partial charge on any atom is -0.492 e. The summed E-state index contributed by atoms with van der Waals surface area (Å²) in [5, 5.41) is 3.29. The highest BCUT2D eigenvalue weighted by Gasteiger charge is 2.05. The fourth-order valence-corrected chi connectivity index (χ4v) is 2.44. The molecule has 0 saturated carbocycles. The quantitative estimate of drug-likeness (QED) is 0.588. The van der Waals surface area contributed by atoms with Gasteiger partial charge in [-0.15, -0.1) is 11.6 Å². The Morgan fingerprint density at radius 3 is 2.65 bits per heavy atom. The first kappa shape index (κ1) is 15.4. The van der Waals surface area contributed by atoms with Crippen molar-refractivity contribution in [2.75, 3.05) is 19.7 Å². The number of hydrogen-bond donors (Lipinski definition) is 1. The minimum absolute atomic E-state index is 0.0120. The van der Waals surface area contributed by atoms with Crippen molar-refractivity contribution in [3.05, 3.63) is 64.6 Å². The topological polar surface area (TPSA) is 21.3 Å². The number of hydrogen-bond acceptors (Lipinski definition) is 2. The maximum atomic E-state index is 6.31. The molecule has 2 nitrogen and oxygen atoms in total. The van der Waals surface area contributed by atoms with Gasteiger partial charge < -0.3 is 10.1 Å². The first-order valence-corrected chi connectivity index (χ1v) is 7.77. The Labute approximate surface area is 133 Å². The fourth-order valence-electron chi connectivity index (χ4n) is 1.81. The summed E-state index contributed by atoms with van der Waals surface area (Å²) < 4.78 is 6.66. The van der Waals surface area contributed by atoms with E-state index in [0.717, 1.165) is 28.9 Å². The third-order valence-electron chi connectivity index (χ3n) is 2.83. The van der Waals surface area contributed by atoms with Gasteiger partial charge in [-0.25, -0.2) is 0 Å². The molecule has 0 aliphatic heterocycles. The zero-order valence-electron chi connectivity index (χ0n) is 11.1. The second-order valence-corrected chi connectivity index (χ2v) is 5.83. The highest BCUT2D eigenvalue weighted by Crippen LogP contribution is 2.19. The minimum atomic E-state index is -0.0120. The molecule has 20 heavy (non-hydrogen) atoms. The average Bonchev–Trinajstić information content (AvgIpc) is 2.48. The van der Waals surface area contributed by atoms with Crippen molar-refractivity contribution in [1.29, 1.82) is 0 Å². The number of benzene rings is 2. The summed E-state index contributed by atoms with van der Waals surface area (Å²) in [6.45, 7) is 2.12. The van der Waals surface area contributed by atoms with E-state index in [4.69, 9.17) is 16.3 Å². The van der Waals surface area contributed by atoms with Crippen LogP contribution in [0.3, 0.4) is 0 Å². The fraction of sp³-hybridized carbons (Fsp3) is 0.250. The van der Waals surface area contributed by atoms with E-state index in [1.807, 2.05) is 54.6 Å². The van der Waals surface area contributed by atoms with Gasteiger partial charge in [0.25, 0.3) is 0 Å². The number of alkyl halides is 1. The number of rotatable bonds is 7. The van der Waals surface area contributed by atoms with Crippen LogP contribution in [0.2, 0.25) is 0 Å². The Balaban J connectivity index is 1.64. The average molecular weight is 355 g/mol. The van der Waals surface area contributed by atoms with Crippen LogP contribution in [0.5, 0.6) is 5.75 Å². The molecule has 0 amide bonds. The van der Waals surface area contributed by atoms with Crippen molar-refractivity contribution in [1.82, 2.24) is 5.32 Å². The van der Waals surface area contributed by atoms with Crippen LogP contribution >= 0.6 is 27.5 Å². The monoisotopic (exact) mass is 353 g/mol. The maximum Gasteiger partial charge on any atom is 0.120 e. The predicted molar refractivity (Wildman–Crippen MR) is 87.5 cm³/mol. The van der Waals surface area contributed by atoms with Gasteiger partial charge in [0.05, 0.1) is 5.38 Å². The molecule has 2 aromatic carbocycles. The lowest BCUT2D eigenvalue weighted by molar-refractivity contribution is 0.314. The molecule has 0 heterocycles. The Morgan fingerprint density at radius 2 is 1.90 bits per heavy atom. The molecule has 0 radical (unpaired) electrons. The molecule has 2 aromatic rings. The zero-order valence-corrected chi connectivity index (χ0v) is 13.4. The van der Waals surface area contributed by atoms with E-state index < -0.39 is 0 Å². The van der Waals surface area contributed by atoms with E-state index in [-0.39, 0.29) is 5.38 Å². The number of ether oxygens (including phenoxy) is 1. The molecule has 0 aliphatic rings. The van der Waals surface area contributed by atoms with E-state index >= 15 is 0 Å². The molecule has 1 N–H and O–H groups in total. The molecule has 0 saturated heterocycles. The Bertz CT molecular complexity index is 521. The van der Waals surface area contributed by atoms with Crippen LogP contribution in [-0.2, 0) is 0 Å². The molecule has 0 aliphatic carbocycles. The third kappa shape index (κ3) is 5.16. The van der Waals surface area contributed by atoms with Gasteiger partial charge in [-0.05, 0) is 23.8 Å². The summed E-state index contributed by atoms with van der Waals surface area (Å²) in [6, 6.07) is 17.9. The molecule has 0 bridgehead atoms. The van der Waals surface area contributed by atoms with E-state index in [9.17, 15) is 0 Å². The standard InChI is InChI=1S/C16H17BrClNO/c17-14-7-4-8-15(11-14)20-10-9-19-12-16(18)13-5-2-1-3-6-13/h1-8,11,16,19H,9-10,12H2. The van der Waals surface area contributed by atoms with E-state index in [1.165, 1.54) is 0 Å². The van der Waals surface area contributed by atoms with Gasteiger partial charge in [0.2, 0.25) is 0 Å². The van der Waals surface area contributed by atoms with Crippen LogP contribution < -0.4 is 10.1 Å². The molecule has 4 heteroatoms. The zero-order chi connectivity index (χ0) is 14.2. The van der Waals surface area contributed by atoms with Crippen LogP contribution in [0.15, 0.2) is 59.1 Å². The largest absolute Gasteiger partial charge is 0.492 e. The van der Waals surface area contributed by atoms with Gasteiger partial charge in [0.1, 0.15) is 12.4 Å². The predicted octanol–water partition coefficient (Wildman–Crippen LogP) is 4.40. The van der Waals surface area contributed by atoms with Gasteiger partial charge in [-0.2, -0.15) is 0 Å². The Hall–Kier alpha value is -1.03. The van der Waals surface area contributed by atoms with Crippen molar-refractivity contribution < 1.29 is 4.74 Å². The lowest BCUT2D eigenvalue weighted by atomic mass is 10.1. The van der Waals surface area contributed by atoms with Gasteiger partial charge in [-0.1, -0.05) is 52.3 Å². The second kappa shape index (κ2) is 8.30. The van der Waals surface area contributed by atoms with Gasteiger partial charge in [-0.3, -0.25) is 0 Å². The Morgan fingerprint density at radius 1 is 1.10 bits per heavy atom. The second-order valence-electron chi connectivity index (χ2n) is 4.39. The first-order valence-electron chi connectivity index (χ1n) is 6.54. The summed E-state index contributed by atoms with van der Waals surface area (Å²) in [4.78, 5) is 0. The van der Waals surface area contributed by atoms with Crippen molar-refractivity contribution in [3.63, 3.8) is 0 Å². The van der Waals surface area contributed by atoms with E-state index in [1.54, 1.807) is 0 Å². The van der Waals surface area contributed by atoms with Crippen LogP contribution in [0.1, 0.15) is 10.9 Å². The molecule has 106 valence electrons. The summed E-state index contributed by atoms with van der Waals surface area (Å²) >= 11 is 9.73. The maximum absolute atomic E-state index is 6.31. The van der Waals surface area contributed by atoms with Gasteiger partial charge in [0, 0.05) is 17.6 Å². The Kier molecular flexibility index (Phi) is 6.37. The van der Waals surface area contributed by atoms with E-state index in [0.29, 0.717) is 6.61 Å². The molecule has 1 atom stereocenters. The SMILES string of the molecule is ClC(CNCCOc1cccc(Br)c1)c1ccccc1. The summed E-state index contributed by atoms with van der Waals surface area (Å²) in [6.07, 6.45) is 0. The van der Waals surface area contributed by atoms with Gasteiger partial charge in [0.15, 0.2) is 0 Å². The third-order valence-corrected chi connectivity index (χ3v) is 3.73. The molecule has 1 unspecified atom stereocenters. The van der Waals surface area contributed by atoms with Crippen molar-refractivity contribution in [2.24, 2.45) is 0 Å². The van der Waals surface area contributed by atoms with Crippen molar-refractivity contribution >= 4 is 27.5 Å². The van der Waals surface area contributed by atoms with Crippen LogP contribution in [0.25, 0.3) is 0 Å². The molecular weight excluding hydrogens is 338 g/mol. The first-order chi connectivity index (χ1) is 9.75. The summed E-state index contributed by atoms with van der Waals surface area (Å²) in [7, 11) is 0. The van der Waals surface area contributed by atoms with Crippen LogP contribution in [0.4, 0.5) is 0 Å². The smallest absolute Gasteiger partial charge is 0.120 e. The molecular formula is C16H17BrClNO. The summed E-state index contributed by atoms with van der Waals surface area (Å²) in [5.74, 6) is 0.867. The molecule has 0 aromatic heterocycles. The normalized spacial score (nSPS) is 12.1. The highest BCUT2D eigenvalue weighted by molar-refractivity contribution is 9.10. The highest BCUT2D eigenvalue weighted by atomic mass is 79.9. The van der Waals surface area contributed by atoms with E-state index in [2.05, 4.69) is 21.2 Å². The summed E-state index contributed by atoms with van der Waals surface area (Å²) in [5.41, 5.74) is 1.13.